The number of esters is 2. The van der Waals surface area contributed by atoms with Gasteiger partial charge in [0, 0.05) is 44.7 Å². The monoisotopic (exact) mass is 595 g/mol. The molecule has 0 aromatic carbocycles. The van der Waals surface area contributed by atoms with Crippen LogP contribution in [-0.4, -0.2) is 123 Å². The quantitative estimate of drug-likeness (QED) is 0.0497. The zero-order valence-electron chi connectivity index (χ0n) is 22.8. The Hall–Kier alpha value is -2.99. The number of aliphatic hydroxyl groups excluding tert-OH is 1. The first-order valence-electron chi connectivity index (χ1n) is 12.5. The molecule has 0 spiro atoms. The first-order chi connectivity index (χ1) is 19.0. The summed E-state index contributed by atoms with van der Waals surface area (Å²) in [6, 6.07) is -2.22. The van der Waals surface area contributed by atoms with Gasteiger partial charge in [-0.25, -0.2) is 0 Å². The van der Waals surface area contributed by atoms with Gasteiger partial charge in [0.1, 0.15) is 12.1 Å². The molecular formula is C23H41N5O11S. The fourth-order valence-corrected chi connectivity index (χ4v) is 3.79. The summed E-state index contributed by atoms with van der Waals surface area (Å²) in [5.74, 6) is -2.78. The van der Waals surface area contributed by atoms with Crippen LogP contribution < -0.4 is 27.4 Å². The number of nitrogens with two attached hydrogens (primary N) is 2. The van der Waals surface area contributed by atoms with E-state index in [1.165, 1.54) is 25.6 Å². The molecule has 0 saturated heterocycles. The number of carbonyl (C=O) groups excluding carboxylic acids is 6. The Bertz CT molecular complexity index is 818. The van der Waals surface area contributed by atoms with Gasteiger partial charge in [0.25, 0.3) is 0 Å². The van der Waals surface area contributed by atoms with Crippen molar-refractivity contribution in [2.45, 2.75) is 44.9 Å². The maximum Gasteiger partial charge on any atom is 0.302 e. The van der Waals surface area contributed by atoms with Gasteiger partial charge in [-0.1, -0.05) is 0 Å². The van der Waals surface area contributed by atoms with Crippen LogP contribution in [0.4, 0.5) is 0 Å². The Kier molecular flexibility index (Phi) is 21.1. The Morgan fingerprint density at radius 2 is 1.55 bits per heavy atom. The summed E-state index contributed by atoms with van der Waals surface area (Å²) in [6.07, 6.45) is -0.190. The second-order valence-corrected chi connectivity index (χ2v) is 9.33. The summed E-state index contributed by atoms with van der Waals surface area (Å²) in [5.41, 5.74) is 10.8. The van der Waals surface area contributed by atoms with E-state index in [0.717, 1.165) is 0 Å². The van der Waals surface area contributed by atoms with Gasteiger partial charge in [0.05, 0.1) is 52.2 Å². The van der Waals surface area contributed by atoms with Crippen LogP contribution in [0.15, 0.2) is 0 Å². The summed E-state index contributed by atoms with van der Waals surface area (Å²) in [7, 11) is 0. The normalized spacial score (nSPS) is 12.9. The number of hydrogen-bond acceptors (Lipinski definition) is 13. The van der Waals surface area contributed by atoms with Gasteiger partial charge in [0.2, 0.25) is 23.6 Å². The number of aliphatic hydroxyl groups is 1. The minimum Gasteiger partial charge on any atom is -0.466 e. The number of thioether (sulfide) groups is 1. The van der Waals surface area contributed by atoms with Gasteiger partial charge in [-0.05, 0) is 0 Å². The average molecular weight is 596 g/mol. The van der Waals surface area contributed by atoms with E-state index >= 15 is 0 Å². The van der Waals surface area contributed by atoms with Crippen molar-refractivity contribution in [3.63, 3.8) is 0 Å². The van der Waals surface area contributed by atoms with E-state index in [4.69, 9.17) is 30.4 Å². The predicted molar refractivity (Wildman–Crippen MR) is 143 cm³/mol. The van der Waals surface area contributed by atoms with Crippen molar-refractivity contribution in [3.8, 4) is 0 Å². The van der Waals surface area contributed by atoms with E-state index in [2.05, 4.69) is 16.0 Å². The Labute approximate surface area is 236 Å². The third kappa shape index (κ3) is 20.9. The number of rotatable bonds is 23. The molecule has 0 aliphatic carbocycles. The summed E-state index contributed by atoms with van der Waals surface area (Å²) in [5, 5.41) is 16.7. The first kappa shape index (κ1) is 37.0. The van der Waals surface area contributed by atoms with Crippen molar-refractivity contribution in [1.29, 1.82) is 0 Å². The molecule has 0 saturated carbocycles. The van der Waals surface area contributed by atoms with Crippen molar-refractivity contribution >= 4 is 47.3 Å². The molecule has 0 heterocycles. The molecule has 4 amide bonds. The van der Waals surface area contributed by atoms with Crippen LogP contribution in [0.25, 0.3) is 0 Å². The van der Waals surface area contributed by atoms with E-state index in [1.807, 2.05) is 0 Å². The molecule has 3 atom stereocenters. The maximum absolute atomic E-state index is 12.4. The molecule has 0 radical (unpaired) electrons. The highest BCUT2D eigenvalue weighted by Gasteiger charge is 2.23. The average Bonchev–Trinajstić information content (AvgIpc) is 2.88. The van der Waals surface area contributed by atoms with Gasteiger partial charge in [-0.2, -0.15) is 11.8 Å². The molecule has 0 rings (SSSR count). The molecule has 0 unspecified atom stereocenters. The molecule has 16 nitrogen and oxygen atoms in total. The highest BCUT2D eigenvalue weighted by molar-refractivity contribution is 7.99. The number of amides is 4. The molecule has 0 bridgehead atoms. The second kappa shape index (κ2) is 22.8. The van der Waals surface area contributed by atoms with Gasteiger partial charge in [-0.15, -0.1) is 0 Å². The summed E-state index contributed by atoms with van der Waals surface area (Å²) in [6.45, 7) is 2.49. The SMILES string of the molecule is CC(=O)OCC[C@H](CSC[C@H](N)C(=O)N[C@@H](CO)C(=O)NCCOCCOCCC(=O)NCC(N)=O)OC(C)=O. The molecule has 0 aliphatic heterocycles. The molecule has 0 aliphatic rings. The number of nitrogens with one attached hydrogen (secondary N) is 3. The maximum atomic E-state index is 12.4. The van der Waals surface area contributed by atoms with Gasteiger partial charge >= 0.3 is 11.9 Å². The summed E-state index contributed by atoms with van der Waals surface area (Å²) >= 11 is 1.24. The van der Waals surface area contributed by atoms with Gasteiger partial charge < -0.3 is 51.5 Å². The molecule has 0 aromatic rings. The lowest BCUT2D eigenvalue weighted by molar-refractivity contribution is -0.147. The van der Waals surface area contributed by atoms with E-state index < -0.39 is 54.5 Å². The van der Waals surface area contributed by atoms with Crippen LogP contribution in [0.3, 0.4) is 0 Å². The largest absolute Gasteiger partial charge is 0.466 e. The van der Waals surface area contributed by atoms with Crippen LogP contribution in [0.1, 0.15) is 26.7 Å². The topological polar surface area (TPSA) is 248 Å². The molecule has 8 N–H and O–H groups in total. The van der Waals surface area contributed by atoms with Crippen LogP contribution in [-0.2, 0) is 47.7 Å². The van der Waals surface area contributed by atoms with Gasteiger partial charge in [-0.3, -0.25) is 28.8 Å². The predicted octanol–water partition coefficient (Wildman–Crippen LogP) is -3.45. The highest BCUT2D eigenvalue weighted by atomic mass is 32.2. The van der Waals surface area contributed by atoms with E-state index in [1.54, 1.807) is 0 Å². The lowest BCUT2D eigenvalue weighted by atomic mass is 10.2. The third-order valence-corrected chi connectivity index (χ3v) is 5.88. The van der Waals surface area contributed by atoms with Crippen molar-refractivity contribution in [3.05, 3.63) is 0 Å². The van der Waals surface area contributed by atoms with Crippen molar-refractivity contribution < 1.29 is 52.8 Å². The standard InChI is InChI=1S/C23H41N5O11S/c1-15(30)38-7-3-17(39-16(2)31)13-40-14-18(24)22(34)28-19(12-29)23(35)26-5-8-37-10-9-36-6-4-21(33)27-11-20(25)32/h17-19,29H,3-14,24H2,1-2H3,(H2,25,32)(H,26,35)(H,27,33)(H,28,34)/t17-,18+,19+/m1/s1. The number of primary amides is 1. The smallest absolute Gasteiger partial charge is 0.302 e. The minimum atomic E-state index is -1.22. The van der Waals surface area contributed by atoms with Crippen LogP contribution >= 0.6 is 11.8 Å². The molecule has 0 fully saturated rings. The van der Waals surface area contributed by atoms with Crippen molar-refractivity contribution in [2.75, 3.05) is 64.2 Å². The summed E-state index contributed by atoms with van der Waals surface area (Å²) in [4.78, 5) is 68.7. The molecule has 0 aromatic heterocycles. The van der Waals surface area contributed by atoms with Crippen LogP contribution in [0, 0.1) is 0 Å². The third-order valence-electron chi connectivity index (χ3n) is 4.68. The lowest BCUT2D eigenvalue weighted by Gasteiger charge is -2.20. The molecule has 17 heteroatoms. The molecular weight excluding hydrogens is 554 g/mol. The van der Waals surface area contributed by atoms with Crippen LogP contribution in [0.2, 0.25) is 0 Å². The van der Waals surface area contributed by atoms with Crippen LogP contribution in [0.5, 0.6) is 0 Å². The van der Waals surface area contributed by atoms with E-state index in [-0.39, 0.29) is 70.6 Å². The zero-order valence-corrected chi connectivity index (χ0v) is 23.6. The van der Waals surface area contributed by atoms with E-state index in [0.29, 0.717) is 5.75 Å². The minimum absolute atomic E-state index is 0.0619. The Morgan fingerprint density at radius 3 is 2.15 bits per heavy atom. The Morgan fingerprint density at radius 1 is 0.875 bits per heavy atom. The van der Waals surface area contributed by atoms with Crippen molar-refractivity contribution in [1.82, 2.24) is 16.0 Å². The number of carbonyl (C=O) groups is 6. The fraction of sp³-hybridized carbons (Fsp3) is 0.739. The molecule has 40 heavy (non-hydrogen) atoms. The zero-order chi connectivity index (χ0) is 30.3. The number of hydrogen-bond donors (Lipinski definition) is 6. The van der Waals surface area contributed by atoms with E-state index in [9.17, 15) is 33.9 Å². The van der Waals surface area contributed by atoms with Gasteiger partial charge in [0.15, 0.2) is 0 Å². The fourth-order valence-electron chi connectivity index (χ4n) is 2.75. The molecule has 230 valence electrons. The highest BCUT2D eigenvalue weighted by Crippen LogP contribution is 2.11. The Balaban J connectivity index is 4.14. The number of ether oxygens (including phenoxy) is 4. The van der Waals surface area contributed by atoms with Crippen molar-refractivity contribution in [2.24, 2.45) is 11.5 Å². The first-order valence-corrected chi connectivity index (χ1v) is 13.6. The lowest BCUT2D eigenvalue weighted by Crippen LogP contribution is -2.54. The second-order valence-electron chi connectivity index (χ2n) is 8.26. The summed E-state index contributed by atoms with van der Waals surface area (Å²) < 4.78 is 20.5.